The maximum atomic E-state index is 13.0. The zero-order chi connectivity index (χ0) is 23.8. The van der Waals surface area contributed by atoms with Crippen LogP contribution in [0.25, 0.3) is 5.78 Å². The molecule has 0 aliphatic carbocycles. The molecule has 2 N–H and O–H groups in total. The third-order valence-corrected chi connectivity index (χ3v) is 5.58. The van der Waals surface area contributed by atoms with Gasteiger partial charge in [0.05, 0.1) is 5.56 Å². The van der Waals surface area contributed by atoms with Crippen molar-refractivity contribution in [3.8, 4) is 0 Å². The van der Waals surface area contributed by atoms with Crippen molar-refractivity contribution >= 4 is 29.1 Å². The number of anilines is 1. The molecule has 0 aliphatic heterocycles. The van der Waals surface area contributed by atoms with E-state index >= 15 is 0 Å². The number of thioether (sulfide) groups is 1. The Morgan fingerprint density at radius 1 is 1.18 bits per heavy atom. The fourth-order valence-corrected chi connectivity index (χ4v) is 3.97. The molecule has 0 unspecified atom stereocenters. The highest BCUT2D eigenvalue weighted by atomic mass is 32.2. The van der Waals surface area contributed by atoms with Gasteiger partial charge < -0.3 is 10.3 Å². The third kappa shape index (κ3) is 4.90. The van der Waals surface area contributed by atoms with E-state index in [2.05, 4.69) is 20.4 Å². The summed E-state index contributed by atoms with van der Waals surface area (Å²) in [4.78, 5) is 35.4. The van der Waals surface area contributed by atoms with Crippen LogP contribution in [-0.4, -0.2) is 30.5 Å². The largest absolute Gasteiger partial charge is 0.417 e. The van der Waals surface area contributed by atoms with Crippen molar-refractivity contribution < 1.29 is 18.0 Å². The first-order chi connectivity index (χ1) is 15.6. The number of nitrogens with zero attached hydrogens (tertiary/aromatic N) is 4. The first-order valence-corrected chi connectivity index (χ1v) is 10.6. The van der Waals surface area contributed by atoms with Crippen LogP contribution in [0.2, 0.25) is 0 Å². The summed E-state index contributed by atoms with van der Waals surface area (Å²) in [5.74, 6) is 0.0780. The van der Waals surface area contributed by atoms with E-state index in [4.69, 9.17) is 0 Å². The van der Waals surface area contributed by atoms with Crippen LogP contribution in [0, 0.1) is 13.8 Å². The molecular weight excluding hydrogens is 457 g/mol. The molecule has 8 nitrogen and oxygen atoms in total. The van der Waals surface area contributed by atoms with E-state index in [1.54, 1.807) is 22.7 Å². The van der Waals surface area contributed by atoms with Gasteiger partial charge in [-0.3, -0.25) is 9.59 Å². The Balaban J connectivity index is 1.55. The van der Waals surface area contributed by atoms with Crippen LogP contribution in [0.4, 0.5) is 18.9 Å². The molecule has 0 saturated heterocycles. The summed E-state index contributed by atoms with van der Waals surface area (Å²) < 4.78 is 40.5. The SMILES string of the molecule is Cc1cc(C)n2nc(SCc3ccccc3C(=O)Nc3cc(C(F)(F)F)c[nH]c3=O)nc2n1. The van der Waals surface area contributed by atoms with Gasteiger partial charge in [0.1, 0.15) is 5.69 Å². The smallest absolute Gasteiger partial charge is 0.327 e. The van der Waals surface area contributed by atoms with E-state index in [-0.39, 0.29) is 5.56 Å². The Labute approximate surface area is 189 Å². The average Bonchev–Trinajstić information content (AvgIpc) is 3.16. The predicted octanol–water partition coefficient (Wildman–Crippen LogP) is 3.99. The molecular formula is C21H17F3N6O2S. The summed E-state index contributed by atoms with van der Waals surface area (Å²) in [5, 5.41) is 7.14. The number of benzene rings is 1. The van der Waals surface area contributed by atoms with Gasteiger partial charge in [0.2, 0.25) is 5.16 Å². The van der Waals surface area contributed by atoms with Gasteiger partial charge in [-0.1, -0.05) is 30.0 Å². The molecule has 0 aliphatic rings. The van der Waals surface area contributed by atoms with E-state index in [0.717, 1.165) is 11.4 Å². The van der Waals surface area contributed by atoms with E-state index in [0.29, 0.717) is 34.5 Å². The molecule has 4 rings (SSSR count). The number of carbonyl (C=O) groups is 1. The van der Waals surface area contributed by atoms with E-state index in [1.165, 1.54) is 17.8 Å². The molecule has 12 heteroatoms. The fraction of sp³-hybridized carbons (Fsp3) is 0.190. The minimum absolute atomic E-state index is 0.218. The second-order valence-corrected chi connectivity index (χ2v) is 8.12. The number of alkyl halides is 3. The van der Waals surface area contributed by atoms with E-state index in [1.807, 2.05) is 24.9 Å². The molecule has 4 aromatic rings. The van der Waals surface area contributed by atoms with Gasteiger partial charge in [0.15, 0.2) is 0 Å². The third-order valence-electron chi connectivity index (χ3n) is 4.70. The lowest BCUT2D eigenvalue weighted by atomic mass is 10.1. The summed E-state index contributed by atoms with van der Waals surface area (Å²) in [7, 11) is 0. The molecule has 0 radical (unpaired) electrons. The number of hydrogen-bond donors (Lipinski definition) is 2. The van der Waals surface area contributed by atoms with Crippen molar-refractivity contribution in [2.24, 2.45) is 0 Å². The first kappa shape index (κ1) is 22.5. The Morgan fingerprint density at radius 3 is 2.70 bits per heavy atom. The Hall–Kier alpha value is -3.67. The highest BCUT2D eigenvalue weighted by Gasteiger charge is 2.31. The number of aryl methyl sites for hydroxylation is 2. The first-order valence-electron chi connectivity index (χ1n) is 9.65. The van der Waals surface area contributed by atoms with Crippen LogP contribution >= 0.6 is 11.8 Å². The van der Waals surface area contributed by atoms with Gasteiger partial charge >= 0.3 is 6.18 Å². The van der Waals surface area contributed by atoms with Gasteiger partial charge in [-0.25, -0.2) is 9.50 Å². The van der Waals surface area contributed by atoms with Crippen molar-refractivity contribution in [3.05, 3.63) is 81.0 Å². The monoisotopic (exact) mass is 474 g/mol. The Kier molecular flexibility index (Phi) is 5.93. The molecule has 0 saturated carbocycles. The van der Waals surface area contributed by atoms with Crippen molar-refractivity contribution in [3.63, 3.8) is 0 Å². The number of rotatable bonds is 5. The Bertz CT molecular complexity index is 1410. The minimum Gasteiger partial charge on any atom is -0.327 e. The number of hydrogen-bond acceptors (Lipinski definition) is 6. The van der Waals surface area contributed by atoms with Crippen LogP contribution in [0.1, 0.15) is 32.9 Å². The number of aromatic nitrogens is 5. The quantitative estimate of drug-likeness (QED) is 0.424. The van der Waals surface area contributed by atoms with Gasteiger partial charge in [-0.15, -0.1) is 5.10 Å². The fourth-order valence-electron chi connectivity index (χ4n) is 3.15. The molecule has 3 aromatic heterocycles. The van der Waals surface area contributed by atoms with Crippen LogP contribution < -0.4 is 10.9 Å². The predicted molar refractivity (Wildman–Crippen MR) is 116 cm³/mol. The number of halogens is 3. The molecule has 1 aromatic carbocycles. The normalized spacial score (nSPS) is 11.7. The second kappa shape index (κ2) is 8.70. The maximum Gasteiger partial charge on any atom is 0.417 e. The van der Waals surface area contributed by atoms with Crippen LogP contribution in [0.15, 0.2) is 52.5 Å². The summed E-state index contributed by atoms with van der Waals surface area (Å²) in [6.45, 7) is 3.75. The lowest BCUT2D eigenvalue weighted by molar-refractivity contribution is -0.137. The number of fused-ring (bicyclic) bond motifs is 1. The van der Waals surface area contributed by atoms with Crippen LogP contribution in [0.3, 0.4) is 0 Å². The minimum atomic E-state index is -4.66. The number of H-pyrrole nitrogens is 1. The average molecular weight is 474 g/mol. The van der Waals surface area contributed by atoms with Crippen molar-refractivity contribution in [1.82, 2.24) is 24.6 Å². The van der Waals surface area contributed by atoms with Gasteiger partial charge in [0, 0.05) is 28.9 Å². The van der Waals surface area contributed by atoms with Crippen molar-refractivity contribution in [1.29, 1.82) is 0 Å². The molecule has 3 heterocycles. The summed E-state index contributed by atoms with van der Waals surface area (Å²) >= 11 is 1.28. The Morgan fingerprint density at radius 2 is 1.94 bits per heavy atom. The molecule has 0 bridgehead atoms. The zero-order valence-electron chi connectivity index (χ0n) is 17.4. The molecule has 0 spiro atoms. The lowest BCUT2D eigenvalue weighted by Crippen LogP contribution is -2.22. The van der Waals surface area contributed by atoms with Crippen molar-refractivity contribution in [2.45, 2.75) is 30.9 Å². The van der Waals surface area contributed by atoms with Gasteiger partial charge in [-0.05, 0) is 37.6 Å². The summed E-state index contributed by atoms with van der Waals surface area (Å²) in [5.41, 5.74) is 0.113. The number of pyridine rings is 1. The topological polar surface area (TPSA) is 105 Å². The molecule has 33 heavy (non-hydrogen) atoms. The van der Waals surface area contributed by atoms with E-state index < -0.39 is 28.9 Å². The number of aromatic amines is 1. The standard InChI is InChI=1S/C21H17F3N6O2S/c1-11-7-12(2)30-19(26-11)28-20(29-30)33-10-13-5-3-4-6-15(13)17(31)27-16-8-14(21(22,23)24)9-25-18(16)32/h3-9H,10H2,1-2H3,(H,25,32)(H,27,31). The van der Waals surface area contributed by atoms with Crippen LogP contribution in [-0.2, 0) is 11.9 Å². The summed E-state index contributed by atoms with van der Waals surface area (Å²) in [6.07, 6.45) is -4.10. The summed E-state index contributed by atoms with van der Waals surface area (Å²) in [6, 6.07) is 9.08. The molecule has 1 amide bonds. The van der Waals surface area contributed by atoms with Gasteiger partial charge in [0.25, 0.3) is 17.2 Å². The molecule has 0 atom stereocenters. The molecule has 0 fully saturated rings. The maximum absolute atomic E-state index is 13.0. The highest BCUT2D eigenvalue weighted by Crippen LogP contribution is 2.29. The van der Waals surface area contributed by atoms with Crippen LogP contribution in [0.5, 0.6) is 0 Å². The second-order valence-electron chi connectivity index (χ2n) is 7.17. The van der Waals surface area contributed by atoms with Crippen molar-refractivity contribution in [2.75, 3.05) is 5.32 Å². The number of amides is 1. The van der Waals surface area contributed by atoms with E-state index in [9.17, 15) is 22.8 Å². The van der Waals surface area contributed by atoms with Gasteiger partial charge in [-0.2, -0.15) is 18.2 Å². The number of nitrogens with one attached hydrogen (secondary N) is 2. The number of carbonyl (C=O) groups excluding carboxylic acids is 1. The highest BCUT2D eigenvalue weighted by molar-refractivity contribution is 7.98. The molecule has 170 valence electrons. The zero-order valence-corrected chi connectivity index (χ0v) is 18.2. The lowest BCUT2D eigenvalue weighted by Gasteiger charge is -2.11.